The van der Waals surface area contributed by atoms with Gasteiger partial charge >= 0.3 is 12.1 Å². The van der Waals surface area contributed by atoms with Gasteiger partial charge in [-0.3, -0.25) is 9.59 Å². The highest BCUT2D eigenvalue weighted by Crippen LogP contribution is 2.44. The molecule has 1 aliphatic heterocycles. The van der Waals surface area contributed by atoms with Gasteiger partial charge in [0.1, 0.15) is 18.8 Å². The largest absolute Gasteiger partial charge is 0.481 e. The molecule has 8 heteroatoms. The number of nitrogens with zero attached hydrogens (tertiary/aromatic N) is 1. The number of halogens is 1. The highest BCUT2D eigenvalue weighted by Gasteiger charge is 2.33. The Kier molecular flexibility index (Phi) is 6.39. The number of carbonyl (C=O) groups is 3. The molecule has 1 saturated heterocycles. The summed E-state index contributed by atoms with van der Waals surface area (Å²) < 4.78 is 19.0. The molecule has 168 valence electrons. The van der Waals surface area contributed by atoms with Crippen molar-refractivity contribution in [2.75, 3.05) is 19.7 Å². The maximum Gasteiger partial charge on any atom is 0.407 e. The molecule has 2 aromatic carbocycles. The molecule has 4 rings (SSSR count). The molecule has 2 aliphatic rings. The Hall–Kier alpha value is -3.42. The van der Waals surface area contributed by atoms with E-state index in [-0.39, 0.29) is 44.9 Å². The molecule has 0 bridgehead atoms. The second-order valence-corrected chi connectivity index (χ2v) is 8.13. The monoisotopic (exact) mass is 440 g/mol. The number of carboxylic acid groups (broad SMARTS) is 1. The van der Waals surface area contributed by atoms with Gasteiger partial charge in [-0.15, -0.1) is 0 Å². The maximum absolute atomic E-state index is 13.5. The fourth-order valence-electron chi connectivity index (χ4n) is 4.45. The molecule has 1 fully saturated rings. The van der Waals surface area contributed by atoms with Crippen LogP contribution in [0.1, 0.15) is 36.3 Å². The molecule has 0 spiro atoms. The van der Waals surface area contributed by atoms with E-state index in [1.165, 1.54) is 4.90 Å². The third-order valence-electron chi connectivity index (χ3n) is 6.02. The number of amides is 2. The Morgan fingerprint density at radius 2 is 1.72 bits per heavy atom. The number of hydrogen-bond donors (Lipinski definition) is 2. The van der Waals surface area contributed by atoms with Crippen LogP contribution in [0.4, 0.5) is 9.18 Å². The molecular formula is C24H25FN2O5. The van der Waals surface area contributed by atoms with E-state index in [2.05, 4.69) is 5.32 Å². The number of ether oxygens (including phenoxy) is 1. The first-order chi connectivity index (χ1) is 15.4. The van der Waals surface area contributed by atoms with Crippen molar-refractivity contribution >= 4 is 18.0 Å². The fraction of sp³-hybridized carbons (Fsp3) is 0.375. The predicted octanol–water partition coefficient (Wildman–Crippen LogP) is 3.33. The van der Waals surface area contributed by atoms with Crippen LogP contribution in [0.25, 0.3) is 11.1 Å². The molecule has 2 aromatic rings. The van der Waals surface area contributed by atoms with E-state index in [9.17, 15) is 18.8 Å². The van der Waals surface area contributed by atoms with Crippen molar-refractivity contribution in [3.63, 3.8) is 0 Å². The van der Waals surface area contributed by atoms with Crippen LogP contribution in [0.2, 0.25) is 0 Å². The van der Waals surface area contributed by atoms with Crippen LogP contribution < -0.4 is 5.32 Å². The lowest BCUT2D eigenvalue weighted by Crippen LogP contribution is -2.48. The van der Waals surface area contributed by atoms with E-state index < -0.39 is 30.2 Å². The van der Waals surface area contributed by atoms with Crippen molar-refractivity contribution in [2.24, 2.45) is 0 Å². The molecule has 0 aromatic heterocycles. The third kappa shape index (κ3) is 4.59. The van der Waals surface area contributed by atoms with Gasteiger partial charge < -0.3 is 20.1 Å². The average Bonchev–Trinajstić information content (AvgIpc) is 3.36. The molecule has 2 N–H and O–H groups in total. The van der Waals surface area contributed by atoms with Gasteiger partial charge in [-0.1, -0.05) is 48.5 Å². The van der Waals surface area contributed by atoms with Gasteiger partial charge in [0.2, 0.25) is 5.91 Å². The first-order valence-corrected chi connectivity index (χ1v) is 10.7. The Morgan fingerprint density at radius 1 is 1.09 bits per heavy atom. The first kappa shape index (κ1) is 21.8. The average molecular weight is 440 g/mol. The Morgan fingerprint density at radius 3 is 2.28 bits per heavy atom. The topological polar surface area (TPSA) is 95.9 Å². The van der Waals surface area contributed by atoms with Gasteiger partial charge in [0, 0.05) is 18.9 Å². The number of alkyl halides is 1. The van der Waals surface area contributed by atoms with E-state index >= 15 is 0 Å². The number of alkyl carbamates (subject to hydrolysis) is 1. The summed E-state index contributed by atoms with van der Waals surface area (Å²) in [5.41, 5.74) is 4.32. The standard InChI is InChI=1S/C24H25FN2O5/c25-15-11-12-27(13-15)23(30)21(9-10-22(28)29)26-24(31)32-14-20-18-7-3-1-5-16(18)17-6-2-4-8-19(17)20/h1-8,15,20-21H,9-14H2,(H,26,31)(H,28,29). The van der Waals surface area contributed by atoms with E-state index in [1.54, 1.807) is 0 Å². The van der Waals surface area contributed by atoms with E-state index in [0.717, 1.165) is 22.3 Å². The summed E-state index contributed by atoms with van der Waals surface area (Å²) in [7, 11) is 0. The van der Waals surface area contributed by atoms with Crippen molar-refractivity contribution < 1.29 is 28.6 Å². The molecule has 2 unspecified atom stereocenters. The number of aliphatic carboxylic acids is 1. The SMILES string of the molecule is O=C(O)CCC(NC(=O)OCC1c2ccccc2-c2ccccc21)C(=O)N1CCC(F)C1. The molecule has 1 aliphatic carbocycles. The van der Waals surface area contributed by atoms with Gasteiger partial charge in [0.05, 0.1) is 6.54 Å². The molecule has 0 radical (unpaired) electrons. The van der Waals surface area contributed by atoms with Crippen molar-refractivity contribution in [3.8, 4) is 11.1 Å². The van der Waals surface area contributed by atoms with Gasteiger partial charge in [-0.2, -0.15) is 0 Å². The second-order valence-electron chi connectivity index (χ2n) is 8.13. The van der Waals surface area contributed by atoms with E-state index in [0.29, 0.717) is 0 Å². The Labute approximate surface area is 185 Å². The number of carboxylic acids is 1. The highest BCUT2D eigenvalue weighted by atomic mass is 19.1. The quantitative estimate of drug-likeness (QED) is 0.689. The van der Waals surface area contributed by atoms with Crippen LogP contribution in [0.15, 0.2) is 48.5 Å². The number of benzene rings is 2. The van der Waals surface area contributed by atoms with Gasteiger partial charge in [-0.25, -0.2) is 9.18 Å². The van der Waals surface area contributed by atoms with Crippen LogP contribution in [0.3, 0.4) is 0 Å². The zero-order chi connectivity index (χ0) is 22.7. The lowest BCUT2D eigenvalue weighted by atomic mass is 9.98. The number of carbonyl (C=O) groups excluding carboxylic acids is 2. The normalized spacial score (nSPS) is 18.0. The van der Waals surface area contributed by atoms with E-state index in [1.807, 2.05) is 48.5 Å². The molecule has 2 amide bonds. The van der Waals surface area contributed by atoms with Crippen LogP contribution in [0.5, 0.6) is 0 Å². The second kappa shape index (κ2) is 9.38. The minimum atomic E-state index is -1.10. The summed E-state index contributed by atoms with van der Waals surface area (Å²) in [4.78, 5) is 37.6. The Balaban J connectivity index is 1.42. The van der Waals surface area contributed by atoms with Crippen molar-refractivity contribution in [2.45, 2.75) is 37.4 Å². The minimum absolute atomic E-state index is 0.0469. The van der Waals surface area contributed by atoms with Crippen LogP contribution in [0, 0.1) is 0 Å². The number of rotatable bonds is 7. The van der Waals surface area contributed by atoms with E-state index in [4.69, 9.17) is 9.84 Å². The molecule has 7 nitrogen and oxygen atoms in total. The summed E-state index contributed by atoms with van der Waals surface area (Å²) in [6.07, 6.45) is -2.05. The highest BCUT2D eigenvalue weighted by molar-refractivity contribution is 5.86. The summed E-state index contributed by atoms with van der Waals surface area (Å²) in [5.74, 6) is -1.70. The third-order valence-corrected chi connectivity index (χ3v) is 6.02. The Bertz CT molecular complexity index is 981. The van der Waals surface area contributed by atoms with Crippen molar-refractivity contribution in [1.82, 2.24) is 10.2 Å². The zero-order valence-corrected chi connectivity index (χ0v) is 17.5. The summed E-state index contributed by atoms with van der Waals surface area (Å²) in [5, 5.41) is 11.5. The van der Waals surface area contributed by atoms with Gasteiger partial charge in [0.15, 0.2) is 0 Å². The molecule has 2 atom stereocenters. The van der Waals surface area contributed by atoms with Crippen LogP contribution in [-0.2, 0) is 14.3 Å². The zero-order valence-electron chi connectivity index (χ0n) is 17.5. The molecule has 0 saturated carbocycles. The van der Waals surface area contributed by atoms with Crippen molar-refractivity contribution in [3.05, 3.63) is 59.7 Å². The lowest BCUT2D eigenvalue weighted by molar-refractivity contribution is -0.137. The summed E-state index contributed by atoms with van der Waals surface area (Å²) >= 11 is 0. The molecule has 32 heavy (non-hydrogen) atoms. The van der Waals surface area contributed by atoms with Gasteiger partial charge in [-0.05, 0) is 35.1 Å². The fourth-order valence-corrected chi connectivity index (χ4v) is 4.45. The lowest BCUT2D eigenvalue weighted by Gasteiger charge is -2.24. The minimum Gasteiger partial charge on any atom is -0.481 e. The summed E-state index contributed by atoms with van der Waals surface area (Å²) in [6.45, 7) is 0.278. The van der Waals surface area contributed by atoms with Gasteiger partial charge in [0.25, 0.3) is 0 Å². The maximum atomic E-state index is 13.5. The smallest absolute Gasteiger partial charge is 0.407 e. The molecular weight excluding hydrogens is 415 g/mol. The number of nitrogens with one attached hydrogen (secondary N) is 1. The number of hydrogen-bond acceptors (Lipinski definition) is 4. The van der Waals surface area contributed by atoms with Crippen LogP contribution in [-0.4, -0.2) is 59.9 Å². The predicted molar refractivity (Wildman–Crippen MR) is 115 cm³/mol. The number of fused-ring (bicyclic) bond motifs is 3. The summed E-state index contributed by atoms with van der Waals surface area (Å²) in [6, 6.07) is 14.8. The number of likely N-dealkylation sites (tertiary alicyclic amines) is 1. The van der Waals surface area contributed by atoms with Crippen LogP contribution >= 0.6 is 0 Å². The first-order valence-electron chi connectivity index (χ1n) is 10.7. The van der Waals surface area contributed by atoms with Crippen molar-refractivity contribution in [1.29, 1.82) is 0 Å². The molecule has 1 heterocycles.